The van der Waals surface area contributed by atoms with Crippen LogP contribution < -0.4 is 11.1 Å². The van der Waals surface area contributed by atoms with Gasteiger partial charge in [-0.25, -0.2) is 0 Å². The summed E-state index contributed by atoms with van der Waals surface area (Å²) < 4.78 is 5.43. The Morgan fingerprint density at radius 3 is 3.00 bits per heavy atom. The molecule has 0 aliphatic carbocycles. The first-order valence-corrected chi connectivity index (χ1v) is 5.99. The molecular weight excluding hydrogens is 216 g/mol. The van der Waals surface area contributed by atoms with Gasteiger partial charge in [-0.15, -0.1) is 0 Å². The van der Waals surface area contributed by atoms with Crippen molar-refractivity contribution in [3.05, 3.63) is 29.8 Å². The Morgan fingerprint density at radius 2 is 2.29 bits per heavy atom. The molecule has 92 valence electrons. The zero-order chi connectivity index (χ0) is 12.1. The summed E-state index contributed by atoms with van der Waals surface area (Å²) in [5, 5.41) is 2.89. The lowest BCUT2D eigenvalue weighted by Gasteiger charge is -2.12. The summed E-state index contributed by atoms with van der Waals surface area (Å²) in [6.45, 7) is 1.20. The van der Waals surface area contributed by atoms with Crippen molar-refractivity contribution in [1.82, 2.24) is 0 Å². The van der Waals surface area contributed by atoms with Gasteiger partial charge < -0.3 is 15.8 Å². The molecule has 3 N–H and O–H groups in total. The molecule has 4 nitrogen and oxygen atoms in total. The molecule has 1 aliphatic rings. The maximum absolute atomic E-state index is 11.8. The van der Waals surface area contributed by atoms with Gasteiger partial charge in [0.1, 0.15) is 0 Å². The quantitative estimate of drug-likeness (QED) is 0.832. The number of carbonyl (C=O) groups is 1. The molecule has 1 aliphatic heterocycles. The van der Waals surface area contributed by atoms with Crippen LogP contribution in [0.1, 0.15) is 24.8 Å². The Bertz CT molecular complexity index is 387. The van der Waals surface area contributed by atoms with Crippen molar-refractivity contribution < 1.29 is 9.53 Å². The topological polar surface area (TPSA) is 64.3 Å². The predicted octanol–water partition coefficient (Wildman–Crippen LogP) is 1.65. The molecule has 0 bridgehead atoms. The number of rotatable bonds is 4. The zero-order valence-corrected chi connectivity index (χ0v) is 9.82. The van der Waals surface area contributed by atoms with Crippen LogP contribution >= 0.6 is 0 Å². The molecule has 1 atom stereocenters. The van der Waals surface area contributed by atoms with Crippen molar-refractivity contribution in [3.63, 3.8) is 0 Å². The SMILES string of the molecule is NCc1ccccc1NC(=O)CC1CCCO1. The van der Waals surface area contributed by atoms with Crippen LogP contribution in [-0.4, -0.2) is 18.6 Å². The van der Waals surface area contributed by atoms with Crippen LogP contribution in [0.4, 0.5) is 5.69 Å². The Balaban J connectivity index is 1.92. The normalized spacial score (nSPS) is 19.2. The summed E-state index contributed by atoms with van der Waals surface area (Å²) in [6, 6.07) is 7.59. The van der Waals surface area contributed by atoms with E-state index in [1.807, 2.05) is 24.3 Å². The van der Waals surface area contributed by atoms with E-state index in [0.29, 0.717) is 13.0 Å². The summed E-state index contributed by atoms with van der Waals surface area (Å²) in [7, 11) is 0. The van der Waals surface area contributed by atoms with Crippen LogP contribution in [0.5, 0.6) is 0 Å². The van der Waals surface area contributed by atoms with E-state index in [1.165, 1.54) is 0 Å². The van der Waals surface area contributed by atoms with E-state index in [-0.39, 0.29) is 12.0 Å². The fraction of sp³-hybridized carbons (Fsp3) is 0.462. The van der Waals surface area contributed by atoms with Crippen LogP contribution in [0.15, 0.2) is 24.3 Å². The average Bonchev–Trinajstić information content (AvgIpc) is 2.82. The molecule has 1 fully saturated rings. The minimum Gasteiger partial charge on any atom is -0.378 e. The summed E-state index contributed by atoms with van der Waals surface area (Å²) in [6.07, 6.45) is 2.54. The molecule has 1 aromatic carbocycles. The number of ether oxygens (including phenoxy) is 1. The van der Waals surface area contributed by atoms with Gasteiger partial charge in [-0.1, -0.05) is 18.2 Å². The molecule has 0 spiro atoms. The second-order valence-corrected chi connectivity index (χ2v) is 4.25. The first-order chi connectivity index (χ1) is 8.29. The largest absolute Gasteiger partial charge is 0.378 e. The smallest absolute Gasteiger partial charge is 0.226 e. The number of amides is 1. The fourth-order valence-corrected chi connectivity index (χ4v) is 2.03. The van der Waals surface area contributed by atoms with Gasteiger partial charge in [0.15, 0.2) is 0 Å². The molecule has 0 saturated carbocycles. The molecule has 2 rings (SSSR count). The van der Waals surface area contributed by atoms with E-state index in [2.05, 4.69) is 5.32 Å². The molecule has 1 aromatic rings. The number of anilines is 1. The van der Waals surface area contributed by atoms with Crippen molar-refractivity contribution in [2.45, 2.75) is 31.9 Å². The van der Waals surface area contributed by atoms with Gasteiger partial charge in [-0.05, 0) is 24.5 Å². The van der Waals surface area contributed by atoms with E-state index in [0.717, 1.165) is 30.7 Å². The number of nitrogens with two attached hydrogens (primary N) is 1. The maximum atomic E-state index is 11.8. The molecule has 1 saturated heterocycles. The molecule has 0 radical (unpaired) electrons. The standard InChI is InChI=1S/C13H18N2O2/c14-9-10-4-1-2-6-12(10)15-13(16)8-11-5-3-7-17-11/h1-2,4,6,11H,3,5,7-9,14H2,(H,15,16). The van der Waals surface area contributed by atoms with Crippen molar-refractivity contribution in [2.75, 3.05) is 11.9 Å². The molecule has 17 heavy (non-hydrogen) atoms. The lowest BCUT2D eigenvalue weighted by Crippen LogP contribution is -2.20. The van der Waals surface area contributed by atoms with Gasteiger partial charge in [-0.3, -0.25) is 4.79 Å². The summed E-state index contributed by atoms with van der Waals surface area (Å²) in [5.74, 6) is -0.00204. The predicted molar refractivity (Wildman–Crippen MR) is 66.6 cm³/mol. The molecular formula is C13H18N2O2. The van der Waals surface area contributed by atoms with Crippen molar-refractivity contribution >= 4 is 11.6 Å². The van der Waals surface area contributed by atoms with Crippen LogP contribution in [0.3, 0.4) is 0 Å². The Kier molecular flexibility index (Phi) is 4.12. The van der Waals surface area contributed by atoms with Crippen LogP contribution in [-0.2, 0) is 16.1 Å². The van der Waals surface area contributed by atoms with Gasteiger partial charge in [-0.2, -0.15) is 0 Å². The van der Waals surface area contributed by atoms with Gasteiger partial charge in [0, 0.05) is 18.8 Å². The molecule has 1 amide bonds. The number of hydrogen-bond acceptors (Lipinski definition) is 3. The summed E-state index contributed by atoms with van der Waals surface area (Å²) >= 11 is 0. The van der Waals surface area contributed by atoms with E-state index in [4.69, 9.17) is 10.5 Å². The van der Waals surface area contributed by atoms with E-state index < -0.39 is 0 Å². The zero-order valence-electron chi connectivity index (χ0n) is 9.82. The van der Waals surface area contributed by atoms with Gasteiger partial charge in [0.25, 0.3) is 0 Å². The van der Waals surface area contributed by atoms with Crippen molar-refractivity contribution in [3.8, 4) is 0 Å². The van der Waals surface area contributed by atoms with E-state index in [1.54, 1.807) is 0 Å². The van der Waals surface area contributed by atoms with E-state index >= 15 is 0 Å². The van der Waals surface area contributed by atoms with Gasteiger partial charge >= 0.3 is 0 Å². The van der Waals surface area contributed by atoms with Crippen LogP contribution in [0, 0.1) is 0 Å². The van der Waals surface area contributed by atoms with Gasteiger partial charge in [0.2, 0.25) is 5.91 Å². The monoisotopic (exact) mass is 234 g/mol. The summed E-state index contributed by atoms with van der Waals surface area (Å²) in [5.41, 5.74) is 7.37. The third-order valence-corrected chi connectivity index (χ3v) is 2.95. The number of para-hydroxylation sites is 1. The number of hydrogen-bond donors (Lipinski definition) is 2. The minimum absolute atomic E-state index is 0.00204. The average molecular weight is 234 g/mol. The molecule has 4 heteroatoms. The van der Waals surface area contributed by atoms with E-state index in [9.17, 15) is 4.79 Å². The first kappa shape index (κ1) is 12.1. The fourth-order valence-electron chi connectivity index (χ4n) is 2.03. The highest BCUT2D eigenvalue weighted by Crippen LogP contribution is 2.18. The summed E-state index contributed by atoms with van der Waals surface area (Å²) in [4.78, 5) is 11.8. The van der Waals surface area contributed by atoms with Crippen molar-refractivity contribution in [1.29, 1.82) is 0 Å². The lowest BCUT2D eigenvalue weighted by atomic mass is 10.1. The van der Waals surface area contributed by atoms with Gasteiger partial charge in [0.05, 0.1) is 12.5 Å². The molecule has 0 aromatic heterocycles. The second kappa shape index (κ2) is 5.80. The maximum Gasteiger partial charge on any atom is 0.226 e. The lowest BCUT2D eigenvalue weighted by molar-refractivity contribution is -0.118. The third-order valence-electron chi connectivity index (χ3n) is 2.95. The minimum atomic E-state index is -0.00204. The Morgan fingerprint density at radius 1 is 1.47 bits per heavy atom. The number of nitrogens with one attached hydrogen (secondary N) is 1. The highest BCUT2D eigenvalue weighted by atomic mass is 16.5. The number of carbonyl (C=O) groups excluding carboxylic acids is 1. The Labute approximate surface area is 101 Å². The number of benzene rings is 1. The first-order valence-electron chi connectivity index (χ1n) is 5.99. The molecule has 1 unspecified atom stereocenters. The van der Waals surface area contributed by atoms with Crippen LogP contribution in [0.2, 0.25) is 0 Å². The van der Waals surface area contributed by atoms with Crippen LogP contribution in [0.25, 0.3) is 0 Å². The third kappa shape index (κ3) is 3.28. The molecule has 1 heterocycles. The Hall–Kier alpha value is -1.39. The second-order valence-electron chi connectivity index (χ2n) is 4.25. The highest BCUT2D eigenvalue weighted by Gasteiger charge is 2.19. The van der Waals surface area contributed by atoms with Crippen molar-refractivity contribution in [2.24, 2.45) is 5.73 Å². The highest BCUT2D eigenvalue weighted by molar-refractivity contribution is 5.91.